The van der Waals surface area contributed by atoms with Gasteiger partial charge in [0.05, 0.1) is 5.75 Å². The van der Waals surface area contributed by atoms with Crippen LogP contribution in [0.3, 0.4) is 0 Å². The summed E-state index contributed by atoms with van der Waals surface area (Å²) in [4.78, 5) is 0. The summed E-state index contributed by atoms with van der Waals surface area (Å²) in [6, 6.07) is 0. The average molecular weight is 351 g/mol. The highest BCUT2D eigenvalue weighted by Gasteiger charge is 2.35. The second kappa shape index (κ2) is 8.26. The Morgan fingerprint density at radius 1 is 1.18 bits per heavy atom. The van der Waals surface area contributed by atoms with E-state index in [1.807, 2.05) is 0 Å². The molecule has 6 heteroatoms. The maximum absolute atomic E-state index is 10.9. The summed E-state index contributed by atoms with van der Waals surface area (Å²) in [6.45, 7) is 12.2. The lowest BCUT2D eigenvalue weighted by Crippen LogP contribution is -2.36. The van der Waals surface area contributed by atoms with Crippen LogP contribution >= 0.6 is 0 Å². The zero-order chi connectivity index (χ0) is 17.0. The largest absolute Gasteiger partial charge is 0.420 e. The first-order valence-electron chi connectivity index (χ1n) is 8.56. The Bertz CT molecular complexity index is 420. The molecule has 0 bridgehead atoms. The third-order valence-corrected chi connectivity index (χ3v) is 6.58. The van der Waals surface area contributed by atoms with Gasteiger partial charge in [0.15, 0.2) is 9.04 Å². The quantitative estimate of drug-likeness (QED) is 0.561. The van der Waals surface area contributed by atoms with E-state index in [0.717, 1.165) is 32.3 Å². The molecule has 0 spiro atoms. The van der Waals surface area contributed by atoms with Crippen LogP contribution in [0.2, 0.25) is 13.1 Å². The van der Waals surface area contributed by atoms with Crippen molar-refractivity contribution in [2.75, 3.05) is 12.4 Å². The Labute approximate surface area is 138 Å². The van der Waals surface area contributed by atoms with Crippen molar-refractivity contribution in [2.24, 2.45) is 23.2 Å². The molecule has 22 heavy (non-hydrogen) atoms. The maximum Gasteiger partial charge on any atom is 0.264 e. The number of hydrogen-bond acceptors (Lipinski definition) is 3. The molecule has 0 aromatic heterocycles. The van der Waals surface area contributed by atoms with Crippen molar-refractivity contribution < 1.29 is 17.4 Å². The van der Waals surface area contributed by atoms with Crippen LogP contribution in [-0.4, -0.2) is 34.4 Å². The molecule has 0 aromatic rings. The molecule has 0 aliphatic heterocycles. The minimum atomic E-state index is -3.81. The fraction of sp³-hybridized carbons (Fsp3) is 1.00. The van der Waals surface area contributed by atoms with Crippen LogP contribution in [0.5, 0.6) is 0 Å². The average Bonchev–Trinajstić information content (AvgIpc) is 2.35. The molecule has 1 N–H and O–H groups in total. The smallest absolute Gasteiger partial charge is 0.264 e. The van der Waals surface area contributed by atoms with E-state index in [0.29, 0.717) is 24.2 Å². The minimum Gasteiger partial charge on any atom is -0.420 e. The molecule has 132 valence electrons. The van der Waals surface area contributed by atoms with E-state index in [9.17, 15) is 8.42 Å². The first kappa shape index (κ1) is 20.1. The van der Waals surface area contributed by atoms with Gasteiger partial charge in [0, 0.05) is 6.61 Å². The van der Waals surface area contributed by atoms with Crippen molar-refractivity contribution in [3.8, 4) is 0 Å². The number of rotatable bonds is 7. The van der Waals surface area contributed by atoms with Crippen LogP contribution in [0.25, 0.3) is 0 Å². The molecular weight excluding hydrogens is 316 g/mol. The summed E-state index contributed by atoms with van der Waals surface area (Å²) < 4.78 is 36.6. The normalized spacial score (nSPS) is 25.4. The first-order valence-corrected chi connectivity index (χ1v) is 12.9. The molecule has 0 radical (unpaired) electrons. The first-order chi connectivity index (χ1) is 9.99. The summed E-state index contributed by atoms with van der Waals surface area (Å²) in [5.41, 5.74) is 0.245. The third kappa shape index (κ3) is 7.57. The van der Waals surface area contributed by atoms with Crippen LogP contribution in [0.4, 0.5) is 0 Å². The zero-order valence-electron chi connectivity index (χ0n) is 14.8. The van der Waals surface area contributed by atoms with Crippen molar-refractivity contribution in [1.29, 1.82) is 0 Å². The molecule has 0 heterocycles. The fourth-order valence-corrected chi connectivity index (χ4v) is 4.81. The van der Waals surface area contributed by atoms with Crippen LogP contribution in [-0.2, 0) is 14.5 Å². The van der Waals surface area contributed by atoms with Gasteiger partial charge in [-0.1, -0.05) is 33.6 Å². The van der Waals surface area contributed by atoms with Crippen LogP contribution < -0.4 is 0 Å². The molecular formula is C16H34O4SSi. The van der Waals surface area contributed by atoms with E-state index < -0.39 is 19.2 Å². The van der Waals surface area contributed by atoms with Gasteiger partial charge in [-0.05, 0) is 55.5 Å². The van der Waals surface area contributed by atoms with E-state index in [-0.39, 0.29) is 11.2 Å². The lowest BCUT2D eigenvalue weighted by atomic mass is 9.67. The Hall–Kier alpha value is 0.0869. The lowest BCUT2D eigenvalue weighted by Gasteiger charge is -2.41. The Kier molecular flexibility index (Phi) is 7.56. The van der Waals surface area contributed by atoms with Gasteiger partial charge >= 0.3 is 0 Å². The van der Waals surface area contributed by atoms with Crippen molar-refractivity contribution in [3.63, 3.8) is 0 Å². The second-order valence-corrected chi connectivity index (χ2v) is 12.2. The zero-order valence-corrected chi connectivity index (χ0v) is 16.8. The lowest BCUT2D eigenvalue weighted by molar-refractivity contribution is 0.0606. The van der Waals surface area contributed by atoms with E-state index in [1.165, 1.54) is 0 Å². The Morgan fingerprint density at radius 3 is 2.14 bits per heavy atom. The summed E-state index contributed by atoms with van der Waals surface area (Å²) in [5, 5.41) is 0. The predicted octanol–water partition coefficient (Wildman–Crippen LogP) is 3.73. The van der Waals surface area contributed by atoms with Crippen molar-refractivity contribution in [3.05, 3.63) is 0 Å². The monoisotopic (exact) mass is 350 g/mol. The summed E-state index contributed by atoms with van der Waals surface area (Å²) in [6.07, 6.45) is 5.06. The molecule has 0 saturated heterocycles. The highest BCUT2D eigenvalue weighted by molar-refractivity contribution is 7.85. The summed E-state index contributed by atoms with van der Waals surface area (Å²) in [7, 11) is -4.80. The van der Waals surface area contributed by atoms with Crippen LogP contribution in [0.15, 0.2) is 0 Å². The predicted molar refractivity (Wildman–Crippen MR) is 94.3 cm³/mol. The maximum atomic E-state index is 10.9. The van der Waals surface area contributed by atoms with Gasteiger partial charge in [-0.15, -0.1) is 0 Å². The molecule has 1 fully saturated rings. The van der Waals surface area contributed by atoms with E-state index in [2.05, 4.69) is 33.9 Å². The highest BCUT2D eigenvalue weighted by atomic mass is 32.2. The molecule has 1 rings (SSSR count). The van der Waals surface area contributed by atoms with Gasteiger partial charge in [-0.25, -0.2) is 0 Å². The van der Waals surface area contributed by atoms with Gasteiger partial charge < -0.3 is 4.43 Å². The van der Waals surface area contributed by atoms with E-state index in [4.69, 9.17) is 8.98 Å². The van der Waals surface area contributed by atoms with Gasteiger partial charge in [-0.2, -0.15) is 8.42 Å². The van der Waals surface area contributed by atoms with Gasteiger partial charge in [0.2, 0.25) is 0 Å². The molecule has 0 amide bonds. The molecule has 0 aromatic carbocycles. The van der Waals surface area contributed by atoms with E-state index >= 15 is 0 Å². The molecule has 1 saturated carbocycles. The molecule has 1 aliphatic carbocycles. The van der Waals surface area contributed by atoms with Crippen molar-refractivity contribution in [1.82, 2.24) is 0 Å². The molecule has 1 unspecified atom stereocenters. The standard InChI is InChI=1S/C16H34O4SSi/c1-16(2,3)15(12-20-22(4)5)14-8-6-13(7-9-14)10-11-21(17,18)19/h13-15,22H,6-12H2,1-5H3,(H,17,18,19). The Morgan fingerprint density at radius 2 is 1.73 bits per heavy atom. The van der Waals surface area contributed by atoms with Crippen molar-refractivity contribution in [2.45, 2.75) is 66.0 Å². The van der Waals surface area contributed by atoms with Crippen LogP contribution in [0.1, 0.15) is 52.9 Å². The highest BCUT2D eigenvalue weighted by Crippen LogP contribution is 2.42. The van der Waals surface area contributed by atoms with Crippen LogP contribution in [0, 0.1) is 23.2 Å². The van der Waals surface area contributed by atoms with Crippen molar-refractivity contribution >= 4 is 19.2 Å². The van der Waals surface area contributed by atoms with E-state index in [1.54, 1.807) is 0 Å². The summed E-state index contributed by atoms with van der Waals surface area (Å²) in [5.74, 6) is 1.60. The number of hydrogen-bond donors (Lipinski definition) is 1. The second-order valence-electron chi connectivity index (χ2n) is 8.21. The van der Waals surface area contributed by atoms with Gasteiger partial charge in [0.25, 0.3) is 10.1 Å². The molecule has 1 atom stereocenters. The Balaban J connectivity index is 2.52. The molecule has 4 nitrogen and oxygen atoms in total. The summed E-state index contributed by atoms with van der Waals surface area (Å²) >= 11 is 0. The minimum absolute atomic E-state index is 0.0902. The van der Waals surface area contributed by atoms with Gasteiger partial charge in [0.1, 0.15) is 0 Å². The topological polar surface area (TPSA) is 63.6 Å². The van der Waals surface area contributed by atoms with Gasteiger partial charge in [-0.3, -0.25) is 4.55 Å². The third-order valence-electron chi connectivity index (χ3n) is 4.97. The SMILES string of the molecule is C[SiH](C)OCC(C1CCC(CCS(=O)(=O)O)CC1)C(C)(C)C. The molecule has 1 aliphatic rings. The fourth-order valence-electron chi connectivity index (χ4n) is 3.58.